The summed E-state index contributed by atoms with van der Waals surface area (Å²) in [6, 6.07) is 12.3. The van der Waals surface area contributed by atoms with Gasteiger partial charge in [-0.1, -0.05) is 37.3 Å². The van der Waals surface area contributed by atoms with Gasteiger partial charge < -0.3 is 24.3 Å². The zero-order chi connectivity index (χ0) is 42.5. The van der Waals surface area contributed by atoms with Gasteiger partial charge in [-0.05, 0) is 119 Å². The number of amides is 1. The maximum atomic E-state index is 14.5. The number of likely N-dealkylation sites (tertiary alicyclic amines) is 2. The molecule has 1 amide bonds. The number of carbonyl (C=O) groups excluding carboxylic acids is 1. The Hall–Kier alpha value is -4.46. The summed E-state index contributed by atoms with van der Waals surface area (Å²) < 4.78 is 11.7. The van der Waals surface area contributed by atoms with Crippen molar-refractivity contribution < 1.29 is 14.0 Å². The maximum absolute atomic E-state index is 14.5. The predicted octanol–water partition coefficient (Wildman–Crippen LogP) is 9.40. The van der Waals surface area contributed by atoms with Crippen LogP contribution in [0.3, 0.4) is 0 Å². The molecule has 0 radical (unpaired) electrons. The molecule has 2 unspecified atom stereocenters. The first kappa shape index (κ1) is 40.3. The number of pyridine rings is 1. The predicted molar refractivity (Wildman–Crippen MR) is 245 cm³/mol. The van der Waals surface area contributed by atoms with Crippen LogP contribution in [0.1, 0.15) is 112 Å². The number of ether oxygens (including phenoxy) is 1. The van der Waals surface area contributed by atoms with Crippen molar-refractivity contribution in [3.05, 3.63) is 65.1 Å². The van der Waals surface area contributed by atoms with Crippen molar-refractivity contribution in [1.82, 2.24) is 34.8 Å². The summed E-state index contributed by atoms with van der Waals surface area (Å²) in [5.41, 5.74) is 7.23. The molecule has 12 rings (SSSR count). The first-order valence-electron chi connectivity index (χ1n) is 23.4. The summed E-state index contributed by atoms with van der Waals surface area (Å²) in [7, 11) is 2.42. The molecule has 12 nitrogen and oxygen atoms in total. The first-order valence-corrected chi connectivity index (χ1v) is 24.2. The minimum Gasteiger partial charge on any atom is -0.369 e. The lowest BCUT2D eigenvalue weighted by atomic mass is 9.39. The molecule has 1 aromatic carbocycles. The lowest BCUT2D eigenvalue weighted by Crippen LogP contribution is -2.64. The Morgan fingerprint density at radius 1 is 0.871 bits per heavy atom. The zero-order valence-electron chi connectivity index (χ0n) is 37.4. The van der Waals surface area contributed by atoms with Crippen molar-refractivity contribution in [2.75, 3.05) is 63.1 Å². The van der Waals surface area contributed by atoms with Crippen LogP contribution in [-0.4, -0.2) is 104 Å². The summed E-state index contributed by atoms with van der Waals surface area (Å²) in [4.78, 5) is 28.7. The van der Waals surface area contributed by atoms with Crippen LogP contribution >= 0.6 is 11.3 Å². The molecule has 2 atom stereocenters. The number of rotatable bonds is 11. The summed E-state index contributed by atoms with van der Waals surface area (Å²) >= 11 is 1.61. The quantitative estimate of drug-likeness (QED) is 0.130. The van der Waals surface area contributed by atoms with E-state index in [1.165, 1.54) is 58.0 Å². The monoisotopic (exact) mass is 855 g/mol. The van der Waals surface area contributed by atoms with Crippen LogP contribution in [0.4, 0.5) is 22.6 Å². The van der Waals surface area contributed by atoms with E-state index in [0.717, 1.165) is 137 Å². The van der Waals surface area contributed by atoms with E-state index in [4.69, 9.17) is 30.0 Å². The molecule has 326 valence electrons. The van der Waals surface area contributed by atoms with E-state index in [9.17, 15) is 4.79 Å². The summed E-state index contributed by atoms with van der Waals surface area (Å²) in [5, 5.41) is 18.9. The number of anilines is 4. The molecule has 3 aliphatic heterocycles. The van der Waals surface area contributed by atoms with Gasteiger partial charge in [0.25, 0.3) is 5.91 Å². The highest BCUT2D eigenvalue weighted by Crippen LogP contribution is 2.72. The number of thiazole rings is 1. The van der Waals surface area contributed by atoms with Crippen molar-refractivity contribution in [2.45, 2.75) is 117 Å². The van der Waals surface area contributed by atoms with Gasteiger partial charge >= 0.3 is 0 Å². The second-order valence-corrected chi connectivity index (χ2v) is 22.5. The summed E-state index contributed by atoms with van der Waals surface area (Å²) in [5.74, 6) is 2.24. The van der Waals surface area contributed by atoms with Gasteiger partial charge in [0.2, 0.25) is 0 Å². The molecule has 4 aromatic heterocycles. The van der Waals surface area contributed by atoms with Crippen LogP contribution in [0.15, 0.2) is 42.6 Å². The van der Waals surface area contributed by atoms with Gasteiger partial charge in [0.15, 0.2) is 16.8 Å². The molecule has 4 aliphatic carbocycles. The standard InChI is InChI=1S/C49H63N10O2S/c1-33-35-13-12-20-57(43(35)55-54-42(33)53-45-51-38-14-6-7-15-39(38)62-45)40-17-16-36(41(52-40)44(60)56-18-8-9-19-56)37-25-50-58(34(37)2)32-48-27-46(3)26-47(4,28-48)30-49(29-46,31-48)61-24-23-59(5)21-10-11-22-59/h6-7,14-17,25H,8-13,18-24,26-32H2,1-5H3,(H,51,53,54)/q+1. The lowest BCUT2D eigenvalue weighted by Gasteiger charge is -2.69. The van der Waals surface area contributed by atoms with E-state index >= 15 is 0 Å². The molecule has 4 saturated carbocycles. The van der Waals surface area contributed by atoms with E-state index in [-0.39, 0.29) is 27.8 Å². The Morgan fingerprint density at radius 2 is 1.65 bits per heavy atom. The number of fused-ring (bicyclic) bond motifs is 2. The number of likely N-dealkylation sites (N-methyl/N-ethyl adjacent to an activating group) is 1. The molecule has 1 N–H and O–H groups in total. The largest absolute Gasteiger partial charge is 0.369 e. The van der Waals surface area contributed by atoms with Gasteiger partial charge in [0.05, 0.1) is 48.8 Å². The number of hydrogen-bond acceptors (Lipinski definition) is 10. The number of benzene rings is 1. The van der Waals surface area contributed by atoms with Crippen molar-refractivity contribution in [3.63, 3.8) is 0 Å². The number of hydrogen-bond donors (Lipinski definition) is 1. The van der Waals surface area contributed by atoms with E-state index < -0.39 is 0 Å². The molecular formula is C49H63N10O2S+. The lowest BCUT2D eigenvalue weighted by molar-refractivity contribution is -0.898. The second kappa shape index (κ2) is 14.8. The zero-order valence-corrected chi connectivity index (χ0v) is 38.2. The minimum absolute atomic E-state index is 0.00695. The Morgan fingerprint density at radius 3 is 2.42 bits per heavy atom. The highest BCUT2D eigenvalue weighted by molar-refractivity contribution is 7.22. The van der Waals surface area contributed by atoms with Crippen molar-refractivity contribution >= 4 is 50.0 Å². The fraction of sp³-hybridized carbons (Fsp3) is 0.592. The molecule has 5 aromatic rings. The van der Waals surface area contributed by atoms with E-state index in [1.807, 2.05) is 29.3 Å². The van der Waals surface area contributed by atoms with Crippen molar-refractivity contribution in [3.8, 4) is 11.1 Å². The summed E-state index contributed by atoms with van der Waals surface area (Å²) in [6.07, 6.45) is 15.7. The smallest absolute Gasteiger partial charge is 0.273 e. The van der Waals surface area contributed by atoms with Gasteiger partial charge in [-0.25, -0.2) is 9.97 Å². The van der Waals surface area contributed by atoms with Gasteiger partial charge in [-0.3, -0.25) is 9.48 Å². The van der Waals surface area contributed by atoms with Crippen LogP contribution in [0.2, 0.25) is 0 Å². The molecule has 6 fully saturated rings. The number of carbonyl (C=O) groups is 1. The number of quaternary nitrogens is 1. The molecule has 62 heavy (non-hydrogen) atoms. The van der Waals surface area contributed by atoms with Crippen LogP contribution in [0.5, 0.6) is 0 Å². The Bertz CT molecular complexity index is 2500. The number of para-hydroxylation sites is 1. The van der Waals surface area contributed by atoms with E-state index in [2.05, 4.69) is 67.8 Å². The fourth-order valence-electron chi connectivity index (χ4n) is 14.1. The number of nitrogens with one attached hydrogen (secondary N) is 1. The van der Waals surface area contributed by atoms with Gasteiger partial charge in [0, 0.05) is 67.0 Å². The van der Waals surface area contributed by atoms with Crippen LogP contribution in [0.25, 0.3) is 21.3 Å². The topological polar surface area (TPSA) is 114 Å². The van der Waals surface area contributed by atoms with Crippen molar-refractivity contribution in [1.29, 1.82) is 0 Å². The molecular weight excluding hydrogens is 793 g/mol. The number of nitrogens with zero attached hydrogens (tertiary/aromatic N) is 9. The maximum Gasteiger partial charge on any atom is 0.273 e. The minimum atomic E-state index is -0.0550. The third-order valence-corrected chi connectivity index (χ3v) is 16.8. The Labute approximate surface area is 370 Å². The SMILES string of the molecule is Cc1c(Nc2nc3ccccc3s2)nnc2c1CCCN2c1ccc(-c2cnn(CC34CC5(C)CC(C)(C3)CC(OCC[N+]3(C)CCCC3)(C5)C4)c2C)c(C(=O)N2CCCC2)n1. The molecule has 7 aliphatic rings. The van der Waals surface area contributed by atoms with Crippen LogP contribution in [-0.2, 0) is 17.7 Å². The van der Waals surface area contributed by atoms with Gasteiger partial charge in [0.1, 0.15) is 18.1 Å². The third kappa shape index (κ3) is 7.10. The Balaban J connectivity index is 0.887. The fourth-order valence-corrected chi connectivity index (χ4v) is 15.0. The average Bonchev–Trinajstić information content (AvgIpc) is 4.06. The van der Waals surface area contributed by atoms with E-state index in [0.29, 0.717) is 5.69 Å². The van der Waals surface area contributed by atoms with E-state index in [1.54, 1.807) is 11.3 Å². The highest BCUT2D eigenvalue weighted by atomic mass is 32.1. The molecule has 13 heteroatoms. The summed E-state index contributed by atoms with van der Waals surface area (Å²) in [6.45, 7) is 17.1. The molecule has 2 saturated heterocycles. The van der Waals surface area contributed by atoms with Crippen molar-refractivity contribution in [2.24, 2.45) is 16.2 Å². The van der Waals surface area contributed by atoms with Gasteiger partial charge in [-0.2, -0.15) is 5.10 Å². The molecule has 4 bridgehead atoms. The third-order valence-electron chi connectivity index (χ3n) is 15.9. The molecule has 0 spiro atoms. The molecule has 7 heterocycles. The normalized spacial score (nSPS) is 28.6. The van der Waals surface area contributed by atoms with Crippen LogP contribution in [0, 0.1) is 30.1 Å². The average molecular weight is 856 g/mol. The van der Waals surface area contributed by atoms with Crippen LogP contribution < -0.4 is 10.2 Å². The second-order valence-electron chi connectivity index (χ2n) is 21.4. The highest BCUT2D eigenvalue weighted by Gasteiger charge is 2.66. The number of aromatic nitrogens is 6. The Kier molecular flexibility index (Phi) is 9.63. The first-order chi connectivity index (χ1) is 29.8. The van der Waals surface area contributed by atoms with Gasteiger partial charge in [-0.15, -0.1) is 10.2 Å².